The molecule has 0 aliphatic rings. The molecule has 0 aliphatic heterocycles. The summed E-state index contributed by atoms with van der Waals surface area (Å²) in [6.45, 7) is 0. The number of amides is 2. The lowest BCUT2D eigenvalue weighted by atomic mass is 10.2. The van der Waals surface area contributed by atoms with Gasteiger partial charge in [-0.25, -0.2) is 15.4 Å². The minimum atomic E-state index is -4.18. The largest absolute Gasteiger partial charge is 0.351 e. The van der Waals surface area contributed by atoms with Crippen LogP contribution in [0.15, 0.2) is 29.3 Å². The first-order chi connectivity index (χ1) is 8.95. The van der Waals surface area contributed by atoms with E-state index >= 15 is 0 Å². The molecule has 0 saturated carbocycles. The lowest BCUT2D eigenvalue weighted by Gasteiger charge is -2.08. The molecule has 0 atom stereocenters. The van der Waals surface area contributed by atoms with Crippen LogP contribution in [0.1, 0.15) is 0 Å². The maximum atomic E-state index is 11.9. The van der Waals surface area contributed by atoms with E-state index in [1.165, 1.54) is 6.07 Å². The summed E-state index contributed by atoms with van der Waals surface area (Å²) in [6.07, 6.45) is 0. The van der Waals surface area contributed by atoms with Crippen LogP contribution in [-0.4, -0.2) is 24.6 Å². The lowest BCUT2D eigenvalue weighted by Crippen LogP contribution is -2.35. The predicted molar refractivity (Wildman–Crippen MR) is 67.3 cm³/mol. The number of nitrogens with one attached hydrogen (secondary N) is 2. The van der Waals surface area contributed by atoms with Crippen LogP contribution < -0.4 is 21.7 Å². The van der Waals surface area contributed by atoms with Crippen molar-refractivity contribution in [2.24, 2.45) is 11.6 Å². The van der Waals surface area contributed by atoms with Gasteiger partial charge in [0.25, 0.3) is 10.0 Å². The Bertz CT molecular complexity index is 745. The van der Waals surface area contributed by atoms with Crippen LogP contribution in [-0.2, 0) is 10.0 Å². The second-order valence-corrected chi connectivity index (χ2v) is 5.11. The lowest BCUT2D eigenvalue weighted by molar-refractivity contribution is 0.253. The van der Waals surface area contributed by atoms with Crippen molar-refractivity contribution in [1.29, 1.82) is 0 Å². The van der Waals surface area contributed by atoms with Crippen LogP contribution in [0.2, 0.25) is 0 Å². The number of benzene rings is 1. The van der Waals surface area contributed by atoms with Crippen molar-refractivity contribution in [2.75, 3.05) is 5.43 Å². The molecule has 1 heterocycles. The van der Waals surface area contributed by atoms with Gasteiger partial charge in [-0.15, -0.1) is 10.2 Å². The summed E-state index contributed by atoms with van der Waals surface area (Å²) in [5, 5.41) is 7.50. The van der Waals surface area contributed by atoms with Crippen molar-refractivity contribution in [3.63, 3.8) is 0 Å². The van der Waals surface area contributed by atoms with E-state index in [9.17, 15) is 13.2 Å². The van der Waals surface area contributed by atoms with Gasteiger partial charge < -0.3 is 11.2 Å². The Labute approximate surface area is 108 Å². The molecule has 0 radical (unpaired) electrons. The summed E-state index contributed by atoms with van der Waals surface area (Å²) in [5.41, 5.74) is 7.12. The standard InChI is InChI=1S/C9H10N6O3S/c10-9(16)15-19(17,18)8-6-4-2-1-3-5(6)7(12-11)13-14-8/h1-4H,11H2,(H,12,13)(H3,10,15,16). The van der Waals surface area contributed by atoms with E-state index in [1.807, 2.05) is 0 Å². The first kappa shape index (κ1) is 13.0. The monoisotopic (exact) mass is 282 g/mol. The van der Waals surface area contributed by atoms with Gasteiger partial charge in [-0.2, -0.15) is 8.42 Å². The molecule has 2 amide bonds. The molecular weight excluding hydrogens is 272 g/mol. The fraction of sp³-hybridized carbons (Fsp3) is 0. The molecule has 0 fully saturated rings. The minimum Gasteiger partial charge on any atom is -0.351 e. The highest BCUT2D eigenvalue weighted by Crippen LogP contribution is 2.24. The number of fused-ring (bicyclic) bond motifs is 1. The average Bonchev–Trinajstić information content (AvgIpc) is 2.35. The second kappa shape index (κ2) is 4.66. The fourth-order valence-corrected chi connectivity index (χ4v) is 2.54. The number of primary amides is 1. The summed E-state index contributed by atoms with van der Waals surface area (Å²) < 4.78 is 25.4. The van der Waals surface area contributed by atoms with Crippen molar-refractivity contribution in [2.45, 2.75) is 5.03 Å². The van der Waals surface area contributed by atoms with Gasteiger partial charge in [-0.05, 0) is 0 Å². The summed E-state index contributed by atoms with van der Waals surface area (Å²) in [5.74, 6) is 5.48. The molecule has 100 valence electrons. The number of hydrogen-bond donors (Lipinski definition) is 4. The van der Waals surface area contributed by atoms with Gasteiger partial charge in [0.1, 0.15) is 0 Å². The molecule has 0 bridgehead atoms. The molecule has 0 unspecified atom stereocenters. The molecule has 10 heteroatoms. The normalized spacial score (nSPS) is 11.2. The third kappa shape index (κ3) is 2.39. The Hall–Kier alpha value is -2.46. The fourth-order valence-electron chi connectivity index (χ4n) is 1.57. The summed E-state index contributed by atoms with van der Waals surface area (Å²) in [4.78, 5) is 10.7. The molecule has 19 heavy (non-hydrogen) atoms. The number of carbonyl (C=O) groups excluding carboxylic acids is 1. The van der Waals surface area contributed by atoms with E-state index in [0.717, 1.165) is 0 Å². The van der Waals surface area contributed by atoms with Crippen LogP contribution in [0.5, 0.6) is 0 Å². The highest BCUT2D eigenvalue weighted by atomic mass is 32.2. The summed E-state index contributed by atoms with van der Waals surface area (Å²) >= 11 is 0. The molecule has 1 aromatic heterocycles. The summed E-state index contributed by atoms with van der Waals surface area (Å²) in [6, 6.07) is 5.23. The number of nitrogens with zero attached hydrogens (tertiary/aromatic N) is 2. The minimum absolute atomic E-state index is 0.216. The number of sulfonamides is 1. The van der Waals surface area contributed by atoms with Crippen LogP contribution in [0, 0.1) is 0 Å². The van der Waals surface area contributed by atoms with Crippen molar-refractivity contribution in [3.8, 4) is 0 Å². The van der Waals surface area contributed by atoms with Gasteiger partial charge in [0.05, 0.1) is 0 Å². The highest BCUT2D eigenvalue weighted by Gasteiger charge is 2.22. The number of nitrogens with two attached hydrogens (primary N) is 2. The van der Waals surface area contributed by atoms with E-state index in [4.69, 9.17) is 11.6 Å². The van der Waals surface area contributed by atoms with Crippen molar-refractivity contribution in [3.05, 3.63) is 24.3 Å². The number of carbonyl (C=O) groups is 1. The van der Waals surface area contributed by atoms with Gasteiger partial charge in [0, 0.05) is 10.8 Å². The van der Waals surface area contributed by atoms with Crippen molar-refractivity contribution < 1.29 is 13.2 Å². The Balaban J connectivity index is 2.73. The van der Waals surface area contributed by atoms with Crippen molar-refractivity contribution >= 4 is 32.6 Å². The molecule has 0 spiro atoms. The van der Waals surface area contributed by atoms with E-state index in [2.05, 4.69) is 15.6 Å². The molecule has 0 aliphatic carbocycles. The number of nitrogen functional groups attached to an aromatic ring is 1. The van der Waals surface area contributed by atoms with Gasteiger partial charge >= 0.3 is 6.03 Å². The predicted octanol–water partition coefficient (Wildman–Crippen LogP) is -0.728. The van der Waals surface area contributed by atoms with Gasteiger partial charge in [0.2, 0.25) is 5.03 Å². The third-order valence-corrected chi connectivity index (χ3v) is 3.56. The van der Waals surface area contributed by atoms with Gasteiger partial charge in [0.15, 0.2) is 5.82 Å². The van der Waals surface area contributed by atoms with E-state index in [1.54, 1.807) is 22.9 Å². The SMILES string of the molecule is NNc1nnc(S(=O)(=O)NC(N)=O)c2ccccc12. The van der Waals surface area contributed by atoms with E-state index < -0.39 is 21.1 Å². The van der Waals surface area contributed by atoms with Crippen LogP contribution >= 0.6 is 0 Å². The van der Waals surface area contributed by atoms with Crippen LogP contribution in [0.4, 0.5) is 10.6 Å². The Morgan fingerprint density at radius 1 is 1.16 bits per heavy atom. The molecule has 2 aromatic rings. The number of aromatic nitrogens is 2. The van der Waals surface area contributed by atoms with Crippen LogP contribution in [0.25, 0.3) is 10.8 Å². The zero-order valence-corrected chi connectivity index (χ0v) is 10.3. The number of anilines is 1. The maximum Gasteiger partial charge on any atom is 0.326 e. The zero-order chi connectivity index (χ0) is 14.0. The molecule has 6 N–H and O–H groups in total. The molecule has 0 saturated heterocycles. The maximum absolute atomic E-state index is 11.9. The zero-order valence-electron chi connectivity index (χ0n) is 9.49. The Kier molecular flexibility index (Phi) is 3.19. The van der Waals surface area contributed by atoms with Crippen LogP contribution in [0.3, 0.4) is 0 Å². The first-order valence-electron chi connectivity index (χ1n) is 5.00. The quantitative estimate of drug-likeness (QED) is 0.427. The van der Waals surface area contributed by atoms with Gasteiger partial charge in [-0.3, -0.25) is 0 Å². The van der Waals surface area contributed by atoms with E-state index in [-0.39, 0.29) is 11.2 Å². The average molecular weight is 282 g/mol. The molecule has 9 nitrogen and oxygen atoms in total. The smallest absolute Gasteiger partial charge is 0.326 e. The number of urea groups is 1. The number of hydrogen-bond acceptors (Lipinski definition) is 7. The molecule has 2 rings (SSSR count). The third-order valence-electron chi connectivity index (χ3n) is 2.28. The first-order valence-corrected chi connectivity index (χ1v) is 6.48. The highest BCUT2D eigenvalue weighted by molar-refractivity contribution is 7.90. The topological polar surface area (TPSA) is 153 Å². The van der Waals surface area contributed by atoms with Gasteiger partial charge in [-0.1, -0.05) is 24.3 Å². The second-order valence-electron chi connectivity index (χ2n) is 3.51. The van der Waals surface area contributed by atoms with Crippen molar-refractivity contribution in [1.82, 2.24) is 14.9 Å². The Morgan fingerprint density at radius 2 is 1.79 bits per heavy atom. The number of rotatable bonds is 3. The number of hydrazine groups is 1. The van der Waals surface area contributed by atoms with E-state index in [0.29, 0.717) is 5.39 Å². The molecular formula is C9H10N6O3S. The summed E-state index contributed by atoms with van der Waals surface area (Å²) in [7, 11) is -4.18. The Morgan fingerprint density at radius 3 is 2.37 bits per heavy atom. The molecule has 1 aromatic carbocycles.